The lowest BCUT2D eigenvalue weighted by Gasteiger charge is -2.16. The SMILES string of the molecule is CN[C@H]1CCN(Cc2ccnc(-c3cc(C)c(C)c(C)c3)c2)C1. The number of likely N-dealkylation sites (tertiary alicyclic amines) is 1. The van der Waals surface area contributed by atoms with Crippen LogP contribution in [-0.2, 0) is 6.54 Å². The van der Waals surface area contributed by atoms with Crippen molar-refractivity contribution in [1.29, 1.82) is 0 Å². The molecule has 1 N–H and O–H groups in total. The molecule has 2 aromatic rings. The molecule has 3 rings (SSSR count). The summed E-state index contributed by atoms with van der Waals surface area (Å²) in [5.74, 6) is 0. The minimum atomic E-state index is 0.638. The number of aromatic nitrogens is 1. The van der Waals surface area contributed by atoms with Crippen LogP contribution >= 0.6 is 0 Å². The van der Waals surface area contributed by atoms with Crippen LogP contribution in [0.2, 0.25) is 0 Å². The lowest BCUT2D eigenvalue weighted by Crippen LogP contribution is -2.29. The molecule has 0 radical (unpaired) electrons. The fraction of sp³-hybridized carbons (Fsp3) is 0.450. The summed E-state index contributed by atoms with van der Waals surface area (Å²) < 4.78 is 0. The maximum Gasteiger partial charge on any atom is 0.0705 e. The number of benzene rings is 1. The second kappa shape index (κ2) is 6.81. The van der Waals surface area contributed by atoms with Crippen molar-refractivity contribution >= 4 is 0 Å². The van der Waals surface area contributed by atoms with Crippen molar-refractivity contribution < 1.29 is 0 Å². The second-order valence-corrected chi connectivity index (χ2v) is 6.79. The summed E-state index contributed by atoms with van der Waals surface area (Å²) in [6.07, 6.45) is 3.19. The molecule has 2 heterocycles. The molecular weight excluding hydrogens is 282 g/mol. The molecule has 122 valence electrons. The topological polar surface area (TPSA) is 28.2 Å². The zero-order valence-electron chi connectivity index (χ0n) is 14.7. The summed E-state index contributed by atoms with van der Waals surface area (Å²) in [5, 5.41) is 3.38. The zero-order valence-corrected chi connectivity index (χ0v) is 14.7. The molecule has 0 bridgehead atoms. The van der Waals surface area contributed by atoms with E-state index >= 15 is 0 Å². The highest BCUT2D eigenvalue weighted by Crippen LogP contribution is 2.24. The molecule has 1 aliphatic rings. The van der Waals surface area contributed by atoms with E-state index in [0.29, 0.717) is 6.04 Å². The van der Waals surface area contributed by atoms with E-state index in [2.05, 4.69) is 67.3 Å². The van der Waals surface area contributed by atoms with E-state index in [0.717, 1.165) is 18.8 Å². The van der Waals surface area contributed by atoms with Crippen LogP contribution in [-0.4, -0.2) is 36.1 Å². The largest absolute Gasteiger partial charge is 0.316 e. The highest BCUT2D eigenvalue weighted by Gasteiger charge is 2.20. The Morgan fingerprint density at radius 2 is 1.91 bits per heavy atom. The predicted molar refractivity (Wildman–Crippen MR) is 96.6 cm³/mol. The lowest BCUT2D eigenvalue weighted by molar-refractivity contribution is 0.322. The number of nitrogens with zero attached hydrogens (tertiary/aromatic N) is 2. The molecule has 3 heteroatoms. The summed E-state index contributed by atoms with van der Waals surface area (Å²) >= 11 is 0. The normalized spacial score (nSPS) is 18.5. The van der Waals surface area contributed by atoms with Gasteiger partial charge in [0.05, 0.1) is 5.69 Å². The predicted octanol–water partition coefficient (Wildman–Crippen LogP) is 3.47. The Bertz CT molecular complexity index is 670. The van der Waals surface area contributed by atoms with Crippen LogP contribution in [0.5, 0.6) is 0 Å². The molecule has 0 spiro atoms. The van der Waals surface area contributed by atoms with Crippen molar-refractivity contribution in [3.63, 3.8) is 0 Å². The molecule has 1 saturated heterocycles. The van der Waals surface area contributed by atoms with Crippen LogP contribution in [0.4, 0.5) is 0 Å². The average Bonchev–Trinajstić information content (AvgIpc) is 3.00. The van der Waals surface area contributed by atoms with Gasteiger partial charge in [0, 0.05) is 37.4 Å². The Kier molecular flexibility index (Phi) is 4.79. The number of hydrogen-bond donors (Lipinski definition) is 1. The van der Waals surface area contributed by atoms with Crippen molar-refractivity contribution in [3.05, 3.63) is 52.7 Å². The molecule has 0 unspecified atom stereocenters. The maximum absolute atomic E-state index is 4.60. The Morgan fingerprint density at radius 3 is 2.57 bits per heavy atom. The molecule has 1 aliphatic heterocycles. The quantitative estimate of drug-likeness (QED) is 0.937. The van der Waals surface area contributed by atoms with Crippen LogP contribution in [0.15, 0.2) is 30.5 Å². The van der Waals surface area contributed by atoms with Crippen molar-refractivity contribution in [2.75, 3.05) is 20.1 Å². The molecular formula is C20H27N3. The molecule has 1 aromatic carbocycles. The minimum Gasteiger partial charge on any atom is -0.316 e. The standard InChI is InChI=1S/C20H27N3/c1-14-9-18(10-15(2)16(14)3)20-11-17(5-7-22-20)12-23-8-6-19(13-23)21-4/h5,7,9-11,19,21H,6,8,12-13H2,1-4H3/t19-/m0/s1. The number of hydrogen-bond acceptors (Lipinski definition) is 3. The first-order chi connectivity index (χ1) is 11.1. The Balaban J connectivity index is 1.80. The first kappa shape index (κ1) is 16.2. The van der Waals surface area contributed by atoms with Crippen LogP contribution in [0, 0.1) is 20.8 Å². The van der Waals surface area contributed by atoms with Gasteiger partial charge in [0.25, 0.3) is 0 Å². The first-order valence-corrected chi connectivity index (χ1v) is 8.49. The van der Waals surface area contributed by atoms with E-state index in [-0.39, 0.29) is 0 Å². The van der Waals surface area contributed by atoms with Gasteiger partial charge < -0.3 is 5.32 Å². The zero-order chi connectivity index (χ0) is 16.4. The highest BCUT2D eigenvalue weighted by molar-refractivity contribution is 5.63. The van der Waals surface area contributed by atoms with Gasteiger partial charge in [-0.25, -0.2) is 0 Å². The van der Waals surface area contributed by atoms with Crippen molar-refractivity contribution in [2.45, 2.75) is 39.8 Å². The number of nitrogens with one attached hydrogen (secondary N) is 1. The monoisotopic (exact) mass is 309 g/mol. The van der Waals surface area contributed by atoms with Gasteiger partial charge in [0.2, 0.25) is 0 Å². The Hall–Kier alpha value is -1.71. The molecule has 23 heavy (non-hydrogen) atoms. The van der Waals surface area contributed by atoms with E-state index in [1.807, 2.05) is 6.20 Å². The van der Waals surface area contributed by atoms with Gasteiger partial charge in [0.15, 0.2) is 0 Å². The highest BCUT2D eigenvalue weighted by atomic mass is 15.2. The lowest BCUT2D eigenvalue weighted by atomic mass is 9.98. The molecule has 3 nitrogen and oxygen atoms in total. The molecule has 1 atom stereocenters. The first-order valence-electron chi connectivity index (χ1n) is 8.49. The average molecular weight is 309 g/mol. The number of likely N-dealkylation sites (N-methyl/N-ethyl adjacent to an activating group) is 1. The van der Waals surface area contributed by atoms with E-state index in [1.165, 1.54) is 40.8 Å². The number of rotatable bonds is 4. The van der Waals surface area contributed by atoms with E-state index in [9.17, 15) is 0 Å². The fourth-order valence-corrected chi connectivity index (χ4v) is 3.38. The van der Waals surface area contributed by atoms with Crippen molar-refractivity contribution in [2.24, 2.45) is 0 Å². The van der Waals surface area contributed by atoms with Gasteiger partial charge in [-0.3, -0.25) is 9.88 Å². The van der Waals surface area contributed by atoms with Gasteiger partial charge in [0.1, 0.15) is 0 Å². The van der Waals surface area contributed by atoms with Crippen LogP contribution in [0.3, 0.4) is 0 Å². The molecule has 0 saturated carbocycles. The van der Waals surface area contributed by atoms with Gasteiger partial charge >= 0.3 is 0 Å². The minimum absolute atomic E-state index is 0.638. The van der Waals surface area contributed by atoms with Crippen LogP contribution < -0.4 is 5.32 Å². The molecule has 0 aliphatic carbocycles. The molecule has 1 fully saturated rings. The summed E-state index contributed by atoms with van der Waals surface area (Å²) in [6.45, 7) is 9.86. The molecule has 1 aromatic heterocycles. The van der Waals surface area contributed by atoms with E-state index < -0.39 is 0 Å². The van der Waals surface area contributed by atoms with Crippen LogP contribution in [0.25, 0.3) is 11.3 Å². The summed E-state index contributed by atoms with van der Waals surface area (Å²) in [7, 11) is 2.06. The summed E-state index contributed by atoms with van der Waals surface area (Å²) in [4.78, 5) is 7.12. The van der Waals surface area contributed by atoms with Gasteiger partial charge in [-0.2, -0.15) is 0 Å². The smallest absolute Gasteiger partial charge is 0.0705 e. The Labute approximate surface area is 139 Å². The second-order valence-electron chi connectivity index (χ2n) is 6.79. The third kappa shape index (κ3) is 3.62. The van der Waals surface area contributed by atoms with Gasteiger partial charge in [-0.15, -0.1) is 0 Å². The van der Waals surface area contributed by atoms with Crippen molar-refractivity contribution in [1.82, 2.24) is 15.2 Å². The maximum atomic E-state index is 4.60. The Morgan fingerprint density at radius 1 is 1.17 bits per heavy atom. The summed E-state index contributed by atoms with van der Waals surface area (Å²) in [5.41, 5.74) is 7.70. The van der Waals surface area contributed by atoms with E-state index in [1.54, 1.807) is 0 Å². The van der Waals surface area contributed by atoms with Gasteiger partial charge in [-0.05, 0) is 80.8 Å². The van der Waals surface area contributed by atoms with Crippen LogP contribution in [0.1, 0.15) is 28.7 Å². The fourth-order valence-electron chi connectivity index (χ4n) is 3.38. The van der Waals surface area contributed by atoms with E-state index in [4.69, 9.17) is 0 Å². The van der Waals surface area contributed by atoms with Crippen molar-refractivity contribution in [3.8, 4) is 11.3 Å². The number of aryl methyl sites for hydroxylation is 2. The molecule has 0 amide bonds. The van der Waals surface area contributed by atoms with Gasteiger partial charge in [-0.1, -0.05) is 0 Å². The summed E-state index contributed by atoms with van der Waals surface area (Å²) in [6, 6.07) is 9.53. The third-order valence-corrected chi connectivity index (χ3v) is 5.13. The number of pyridine rings is 1. The third-order valence-electron chi connectivity index (χ3n) is 5.13.